The summed E-state index contributed by atoms with van der Waals surface area (Å²) in [6.45, 7) is 0.804. The molecular formula is C62H44F2N6O4. The van der Waals surface area contributed by atoms with Gasteiger partial charge < -0.3 is 31.6 Å². The van der Waals surface area contributed by atoms with Gasteiger partial charge in [0.25, 0.3) is 11.8 Å². The fourth-order valence-corrected chi connectivity index (χ4v) is 11.0. The Morgan fingerprint density at radius 3 is 1.27 bits per heavy atom. The number of anilines is 2. The zero-order valence-electron chi connectivity index (χ0n) is 39.5. The van der Waals surface area contributed by atoms with Crippen molar-refractivity contribution in [2.75, 3.05) is 11.5 Å². The van der Waals surface area contributed by atoms with E-state index in [1.807, 2.05) is 109 Å². The maximum atomic E-state index is 13.8. The number of hydrogen-bond donors (Lipinski definition) is 4. The number of benzene rings is 8. The van der Waals surface area contributed by atoms with E-state index in [1.165, 1.54) is 18.2 Å². The normalized spacial score (nSPS) is 17.0. The highest BCUT2D eigenvalue weighted by atomic mass is 19.1. The van der Waals surface area contributed by atoms with E-state index in [2.05, 4.69) is 44.9 Å². The highest BCUT2D eigenvalue weighted by Gasteiger charge is 2.44. The van der Waals surface area contributed by atoms with Crippen molar-refractivity contribution < 1.29 is 27.8 Å². The van der Waals surface area contributed by atoms with E-state index in [-0.39, 0.29) is 47.9 Å². The number of nitrogen functional groups attached to an aromatic ring is 2. The van der Waals surface area contributed by atoms with Crippen LogP contribution >= 0.6 is 0 Å². The summed E-state index contributed by atoms with van der Waals surface area (Å²) in [5.74, 6) is 0.188. The molecule has 8 aromatic carbocycles. The van der Waals surface area contributed by atoms with E-state index < -0.39 is 0 Å². The Kier molecular flexibility index (Phi) is 10.8. The Hall–Kier alpha value is -9.10. The number of amides is 2. The first-order chi connectivity index (χ1) is 36.1. The first-order valence-corrected chi connectivity index (χ1v) is 24.3. The van der Waals surface area contributed by atoms with Crippen LogP contribution in [-0.2, 0) is 22.6 Å². The van der Waals surface area contributed by atoms with Crippen LogP contribution in [0.15, 0.2) is 182 Å². The summed E-state index contributed by atoms with van der Waals surface area (Å²) in [5.41, 5.74) is 27.2. The van der Waals surface area contributed by atoms with Gasteiger partial charge in [-0.2, -0.15) is 0 Å². The molecule has 2 amide bonds. The van der Waals surface area contributed by atoms with Gasteiger partial charge in [-0.3, -0.25) is 9.59 Å². The molecule has 360 valence electrons. The average molecular weight is 975 g/mol. The van der Waals surface area contributed by atoms with Gasteiger partial charge in [0.1, 0.15) is 47.7 Å². The predicted octanol–water partition coefficient (Wildman–Crippen LogP) is 12.2. The third kappa shape index (κ3) is 7.88. The summed E-state index contributed by atoms with van der Waals surface area (Å²) in [7, 11) is 0. The van der Waals surface area contributed by atoms with E-state index in [1.54, 1.807) is 30.6 Å². The summed E-state index contributed by atoms with van der Waals surface area (Å²) in [6, 6.07) is 52.6. The molecule has 4 aliphatic heterocycles. The summed E-state index contributed by atoms with van der Waals surface area (Å²) in [4.78, 5) is 34.3. The number of rotatable bonds is 8. The van der Waals surface area contributed by atoms with Gasteiger partial charge in [-0.25, -0.2) is 18.7 Å². The zero-order valence-corrected chi connectivity index (χ0v) is 39.5. The molecule has 10 aromatic rings. The van der Waals surface area contributed by atoms with Gasteiger partial charge in [-0.1, -0.05) is 84.9 Å². The molecule has 6 heterocycles. The fraction of sp³-hybridized carbons (Fsp3) is 0.0968. The molecule has 6 N–H and O–H groups in total. The number of aromatic nitrogens is 2. The maximum Gasteiger partial charge on any atom is 0.251 e. The summed E-state index contributed by atoms with van der Waals surface area (Å²) >= 11 is 0. The molecule has 74 heavy (non-hydrogen) atoms. The van der Waals surface area contributed by atoms with Crippen LogP contribution < -0.4 is 22.1 Å². The standard InChI is InChI=1S/2C31H22FN3O2/c32-22-3-1-2-18(13-22)19-5-8-24-26(14-19)28-25-9-6-21(15-27(25)29(24)37-28)31(36)35-16-17-4-7-23-20(12-17)10-11-34-30(23)33;32-22-3-1-2-18(13-22)19-5-8-24-26(14-19)29-27-15-21(6-9-25(27)28(24)37-29)31(36)35-16-17-4-7-23-20(12-17)10-11-34-30(23)33/h2*1-15,28-29H,16H2,(H2,33,34)(H,35,36). The van der Waals surface area contributed by atoms with Crippen LogP contribution in [0.4, 0.5) is 20.4 Å². The number of nitrogens with one attached hydrogen (secondary N) is 2. The molecule has 0 fully saturated rings. The van der Waals surface area contributed by atoms with Crippen molar-refractivity contribution >= 4 is 45.0 Å². The Labute approximate surface area is 423 Å². The first kappa shape index (κ1) is 44.8. The molecule has 2 aromatic heterocycles. The summed E-state index contributed by atoms with van der Waals surface area (Å²) < 4.78 is 40.2. The van der Waals surface area contributed by atoms with Gasteiger partial charge in [-0.15, -0.1) is 0 Å². The second kappa shape index (κ2) is 17.9. The molecule has 0 aliphatic carbocycles. The van der Waals surface area contributed by atoms with Crippen molar-refractivity contribution in [3.63, 3.8) is 0 Å². The monoisotopic (exact) mass is 974 g/mol. The third-order valence-corrected chi connectivity index (χ3v) is 14.6. The van der Waals surface area contributed by atoms with Crippen molar-refractivity contribution in [1.82, 2.24) is 20.6 Å². The number of nitrogens with zero attached hydrogens (tertiary/aromatic N) is 2. The topological polar surface area (TPSA) is 154 Å². The second-order valence-corrected chi connectivity index (χ2v) is 19.1. The predicted molar refractivity (Wildman–Crippen MR) is 281 cm³/mol. The Balaban J connectivity index is 0.000000143. The number of ether oxygens (including phenoxy) is 2. The molecule has 4 unspecified atom stereocenters. The molecule has 12 heteroatoms. The minimum atomic E-state index is -0.262. The fourth-order valence-electron chi connectivity index (χ4n) is 11.0. The number of carbonyl (C=O) groups excluding carboxylic acids is 2. The third-order valence-electron chi connectivity index (χ3n) is 14.6. The van der Waals surface area contributed by atoms with Gasteiger partial charge in [0.2, 0.25) is 0 Å². The molecule has 0 saturated carbocycles. The highest BCUT2D eigenvalue weighted by Crippen LogP contribution is 2.56. The zero-order chi connectivity index (χ0) is 50.2. The van der Waals surface area contributed by atoms with E-state index in [0.29, 0.717) is 35.9 Å². The van der Waals surface area contributed by atoms with Crippen molar-refractivity contribution in [3.8, 4) is 22.3 Å². The molecule has 4 atom stereocenters. The second-order valence-electron chi connectivity index (χ2n) is 19.1. The Bertz CT molecular complexity index is 3980. The molecule has 0 radical (unpaired) electrons. The molecular weight excluding hydrogens is 931 g/mol. The molecule has 0 saturated heterocycles. The van der Waals surface area contributed by atoms with E-state index >= 15 is 0 Å². The maximum absolute atomic E-state index is 13.8. The van der Waals surface area contributed by atoms with Gasteiger partial charge in [0.15, 0.2) is 0 Å². The molecule has 0 spiro atoms. The number of carbonyl (C=O) groups is 2. The molecule has 4 aliphatic rings. The Morgan fingerprint density at radius 1 is 0.432 bits per heavy atom. The van der Waals surface area contributed by atoms with Crippen LogP contribution in [0.2, 0.25) is 0 Å². The van der Waals surface area contributed by atoms with Gasteiger partial charge >= 0.3 is 0 Å². The average Bonchev–Trinajstić information content (AvgIpc) is 4.21. The number of pyridine rings is 2. The lowest BCUT2D eigenvalue weighted by Crippen LogP contribution is -2.23. The number of fused-ring (bicyclic) bond motifs is 18. The van der Waals surface area contributed by atoms with Gasteiger partial charge in [0.05, 0.1) is 0 Å². The lowest BCUT2D eigenvalue weighted by Gasteiger charge is -2.18. The van der Waals surface area contributed by atoms with E-state index in [0.717, 1.165) is 99.4 Å². The number of nitrogens with two attached hydrogens (primary N) is 2. The van der Waals surface area contributed by atoms with Gasteiger partial charge in [-0.05, 0) is 174 Å². The van der Waals surface area contributed by atoms with Crippen LogP contribution in [-0.4, -0.2) is 21.8 Å². The minimum Gasteiger partial charge on any atom is -0.383 e. The van der Waals surface area contributed by atoms with Crippen LogP contribution in [0.3, 0.4) is 0 Å². The van der Waals surface area contributed by atoms with Crippen LogP contribution in [0.1, 0.15) is 101 Å². The lowest BCUT2D eigenvalue weighted by molar-refractivity contribution is 0.0856. The van der Waals surface area contributed by atoms with Crippen molar-refractivity contribution in [2.24, 2.45) is 0 Å². The highest BCUT2D eigenvalue weighted by molar-refractivity contribution is 5.96. The number of hydrogen-bond acceptors (Lipinski definition) is 8. The van der Waals surface area contributed by atoms with Crippen LogP contribution in [0.5, 0.6) is 0 Å². The Morgan fingerprint density at radius 2 is 0.824 bits per heavy atom. The van der Waals surface area contributed by atoms with Gasteiger partial charge in [0, 0.05) is 47.4 Å². The summed E-state index contributed by atoms with van der Waals surface area (Å²) in [6.07, 6.45) is 2.59. The smallest absolute Gasteiger partial charge is 0.251 e. The van der Waals surface area contributed by atoms with Crippen LogP contribution in [0.25, 0.3) is 43.8 Å². The first-order valence-electron chi connectivity index (χ1n) is 24.3. The minimum absolute atomic E-state index is 0.137. The largest absolute Gasteiger partial charge is 0.383 e. The SMILES string of the molecule is Nc1nccc2cc(CNC(=O)c3ccc4c(c3)C3OC4c4cc(-c5cccc(F)c5)ccc43)ccc12.Nc1nccc2cc(CNC(=O)c3ccc4c(c3)C3OC4c4ccc(-c5cccc(F)c5)cc43)ccc12. The molecule has 10 nitrogen and oxygen atoms in total. The van der Waals surface area contributed by atoms with Crippen molar-refractivity contribution in [3.05, 3.63) is 261 Å². The molecule has 14 rings (SSSR count). The lowest BCUT2D eigenvalue weighted by atomic mass is 9.84. The number of halogens is 2. The molecule has 4 bridgehead atoms. The van der Waals surface area contributed by atoms with Crippen molar-refractivity contribution in [1.29, 1.82) is 0 Å². The summed E-state index contributed by atoms with van der Waals surface area (Å²) in [5, 5.41) is 9.82. The quantitative estimate of drug-likeness (QED) is 0.117. The van der Waals surface area contributed by atoms with E-state index in [9.17, 15) is 18.4 Å². The van der Waals surface area contributed by atoms with Crippen LogP contribution in [0, 0.1) is 11.6 Å². The van der Waals surface area contributed by atoms with E-state index in [4.69, 9.17) is 20.9 Å². The van der Waals surface area contributed by atoms with Crippen molar-refractivity contribution in [2.45, 2.75) is 37.5 Å².